The molecule has 2 saturated heterocycles. The summed E-state index contributed by atoms with van der Waals surface area (Å²) >= 11 is 19.3. The van der Waals surface area contributed by atoms with Crippen LogP contribution in [0.1, 0.15) is 27.0 Å². The van der Waals surface area contributed by atoms with E-state index in [-0.39, 0.29) is 32.0 Å². The number of nitrogens with zero attached hydrogens (tertiary/aromatic N) is 3. The fourth-order valence-electron chi connectivity index (χ4n) is 7.47. The van der Waals surface area contributed by atoms with Crippen LogP contribution in [0.15, 0.2) is 162 Å². The highest BCUT2D eigenvalue weighted by molar-refractivity contribution is 7.99. The SMILES string of the molecule is COC(=O)[C@@H]1OC(Sc2ccccc2)[C@H](OC(=O)c2ccccc2)[C@@H](OCc2ccccc2)[C@@H]1O[C@H]1O[C@H](COCc2ccccc2)[C@@H](OC(=O)C(Cl)(Cl)Cl)[C@H](OCc2ccccc2)[C@H]1N=[N+]=[N-]. The normalized spacial score (nSPS) is 24.8. The lowest BCUT2D eigenvalue weighted by molar-refractivity contribution is -0.321. The number of esters is 3. The van der Waals surface area contributed by atoms with Gasteiger partial charge in [0.05, 0.1) is 39.1 Å². The molecule has 7 rings (SSSR count). The van der Waals surface area contributed by atoms with Crippen LogP contribution < -0.4 is 0 Å². The second-order valence-corrected chi connectivity index (χ2v) is 18.8. The Labute approximate surface area is 411 Å². The van der Waals surface area contributed by atoms with Crippen molar-refractivity contribution in [3.05, 3.63) is 184 Å². The van der Waals surface area contributed by atoms with Crippen LogP contribution in [0.2, 0.25) is 0 Å². The Balaban J connectivity index is 1.32. The first-order valence-corrected chi connectivity index (χ1v) is 23.3. The van der Waals surface area contributed by atoms with Crippen LogP contribution >= 0.6 is 46.6 Å². The van der Waals surface area contributed by atoms with E-state index in [1.165, 1.54) is 18.9 Å². The summed E-state index contributed by atoms with van der Waals surface area (Å²) in [4.78, 5) is 45.3. The van der Waals surface area contributed by atoms with E-state index < -0.39 is 82.2 Å². The highest BCUT2D eigenvalue weighted by Crippen LogP contribution is 2.41. The zero-order chi connectivity index (χ0) is 47.9. The van der Waals surface area contributed by atoms with Crippen molar-refractivity contribution < 1.29 is 57.0 Å². The molecular weight excluding hydrogens is 961 g/mol. The van der Waals surface area contributed by atoms with Gasteiger partial charge in [0.25, 0.3) is 3.79 Å². The minimum absolute atomic E-state index is 0.0551. The van der Waals surface area contributed by atoms with E-state index in [1.807, 2.05) is 97.1 Å². The first-order valence-electron chi connectivity index (χ1n) is 21.3. The summed E-state index contributed by atoms with van der Waals surface area (Å²) in [5.41, 5.74) is 11.5. The number of carbonyl (C=O) groups is 3. The maximum atomic E-state index is 14.1. The van der Waals surface area contributed by atoms with Gasteiger partial charge in [-0.2, -0.15) is 0 Å². The van der Waals surface area contributed by atoms with Crippen molar-refractivity contribution in [1.82, 2.24) is 0 Å². The average Bonchev–Trinajstić information content (AvgIpc) is 3.36. The molecule has 10 atom stereocenters. The van der Waals surface area contributed by atoms with Gasteiger partial charge in [0.15, 0.2) is 24.6 Å². The summed E-state index contributed by atoms with van der Waals surface area (Å²) in [6, 6.07) is 43.5. The Hall–Kier alpha value is -5.20. The van der Waals surface area contributed by atoms with Gasteiger partial charge in [0.1, 0.15) is 35.9 Å². The Morgan fingerprint density at radius 2 is 1.19 bits per heavy atom. The molecule has 0 aliphatic carbocycles. The van der Waals surface area contributed by atoms with Crippen molar-refractivity contribution in [2.75, 3.05) is 13.7 Å². The lowest BCUT2D eigenvalue weighted by Gasteiger charge is -2.48. The highest BCUT2D eigenvalue weighted by atomic mass is 35.6. The minimum Gasteiger partial charge on any atom is -0.467 e. The van der Waals surface area contributed by atoms with Crippen molar-refractivity contribution in [2.45, 2.75) is 89.0 Å². The van der Waals surface area contributed by atoms with E-state index in [4.69, 9.17) is 77.4 Å². The number of ether oxygens (including phenoxy) is 9. The molecule has 5 aromatic carbocycles. The number of thioether (sulfide) groups is 1. The van der Waals surface area contributed by atoms with Gasteiger partial charge in [-0.15, -0.1) is 0 Å². The molecule has 2 fully saturated rings. The van der Waals surface area contributed by atoms with Crippen LogP contribution in [0, 0.1) is 0 Å². The molecule has 2 heterocycles. The van der Waals surface area contributed by atoms with Gasteiger partial charge in [-0.1, -0.05) is 179 Å². The zero-order valence-electron chi connectivity index (χ0n) is 36.3. The summed E-state index contributed by atoms with van der Waals surface area (Å²) in [6.45, 7) is -0.327. The summed E-state index contributed by atoms with van der Waals surface area (Å²) < 4.78 is 54.4. The first-order chi connectivity index (χ1) is 33.0. The number of rotatable bonds is 19. The van der Waals surface area contributed by atoms with Crippen LogP contribution in [0.3, 0.4) is 0 Å². The number of benzene rings is 5. The number of methoxy groups -OCH3 is 1. The second kappa shape index (κ2) is 24.9. The third kappa shape index (κ3) is 13.7. The summed E-state index contributed by atoms with van der Waals surface area (Å²) in [5, 5.41) is 4.08. The summed E-state index contributed by atoms with van der Waals surface area (Å²) in [6.07, 6.45) is -11.5. The smallest absolute Gasteiger partial charge is 0.359 e. The van der Waals surface area contributed by atoms with Crippen LogP contribution in [0.5, 0.6) is 0 Å². The maximum Gasteiger partial charge on any atom is 0.359 e. The molecule has 5 aromatic rings. The lowest BCUT2D eigenvalue weighted by atomic mass is 9.95. The predicted molar refractivity (Wildman–Crippen MR) is 251 cm³/mol. The van der Waals surface area contributed by atoms with Crippen LogP contribution in [0.4, 0.5) is 0 Å². The number of hydrogen-bond acceptors (Lipinski definition) is 14. The van der Waals surface area contributed by atoms with E-state index in [1.54, 1.807) is 54.6 Å². The molecule has 0 amide bonds. The topological polar surface area (TPSA) is 183 Å². The van der Waals surface area contributed by atoms with Crippen molar-refractivity contribution in [2.24, 2.45) is 5.11 Å². The van der Waals surface area contributed by atoms with Crippen molar-refractivity contribution in [1.29, 1.82) is 0 Å². The third-order valence-corrected chi connectivity index (χ3v) is 12.3. The van der Waals surface area contributed by atoms with Gasteiger partial charge in [0.2, 0.25) is 0 Å². The molecular formula is C49H46Cl3N3O12S. The van der Waals surface area contributed by atoms with Crippen LogP contribution in [-0.4, -0.2) is 95.9 Å². The van der Waals surface area contributed by atoms with Crippen LogP contribution in [-0.2, 0) is 72.0 Å². The molecule has 68 heavy (non-hydrogen) atoms. The molecule has 0 saturated carbocycles. The molecule has 15 nitrogen and oxygen atoms in total. The van der Waals surface area contributed by atoms with Crippen molar-refractivity contribution in [3.8, 4) is 0 Å². The predicted octanol–water partition coefficient (Wildman–Crippen LogP) is 9.36. The number of hydrogen-bond donors (Lipinski definition) is 0. The molecule has 0 N–H and O–H groups in total. The molecule has 0 spiro atoms. The van der Waals surface area contributed by atoms with E-state index in [0.29, 0.717) is 10.5 Å². The number of halogens is 3. The molecule has 356 valence electrons. The second-order valence-electron chi connectivity index (χ2n) is 15.3. The van der Waals surface area contributed by atoms with E-state index in [0.717, 1.165) is 11.1 Å². The number of azide groups is 1. The monoisotopic (exact) mass is 1010 g/mol. The number of alkyl halides is 3. The summed E-state index contributed by atoms with van der Waals surface area (Å²) in [7, 11) is 1.18. The van der Waals surface area contributed by atoms with Crippen molar-refractivity contribution >= 4 is 64.5 Å². The van der Waals surface area contributed by atoms with E-state index in [9.17, 15) is 19.9 Å². The molecule has 19 heteroatoms. The Kier molecular flexibility index (Phi) is 18.5. The van der Waals surface area contributed by atoms with Gasteiger partial charge in [-0.3, -0.25) is 0 Å². The standard InChI is InChI=1S/C49H46Cl3N3O12S/c1-59-45(57)42-41(40(62-29-33-21-11-4-12-22-33)43(64-44(56)34-23-13-5-14-24-34)47(66-42)68-35-25-15-6-16-26-35)65-46-37(54-55-53)39(61-28-32-19-9-3-10-20-32)38(67-48(58)49(50,51)52)36(63-46)30-60-27-31-17-7-2-8-18-31/h2-26,36-43,46-47H,27-30H2,1H3/t36-,37-,38-,39-,40+,41+,42-,43-,46-,47?/m1/s1. The van der Waals surface area contributed by atoms with Crippen LogP contribution in [0.25, 0.3) is 10.4 Å². The molecule has 0 bridgehead atoms. The number of carbonyl (C=O) groups excluding carboxylic acids is 3. The Morgan fingerprint density at radius 3 is 1.74 bits per heavy atom. The van der Waals surface area contributed by atoms with E-state index >= 15 is 0 Å². The Morgan fingerprint density at radius 1 is 0.662 bits per heavy atom. The Bertz CT molecular complexity index is 2430. The fraction of sp³-hybridized carbons (Fsp3) is 0.327. The van der Waals surface area contributed by atoms with Gasteiger partial charge < -0.3 is 42.6 Å². The minimum atomic E-state index is -2.54. The van der Waals surface area contributed by atoms with Gasteiger partial charge >= 0.3 is 17.9 Å². The summed E-state index contributed by atoms with van der Waals surface area (Å²) in [5.74, 6) is -2.87. The molecule has 1 unspecified atom stereocenters. The van der Waals surface area contributed by atoms with Crippen molar-refractivity contribution in [3.63, 3.8) is 0 Å². The largest absolute Gasteiger partial charge is 0.467 e. The quantitative estimate of drug-likeness (QED) is 0.0191. The first kappa shape index (κ1) is 50.7. The molecule has 0 radical (unpaired) electrons. The fourth-order valence-corrected chi connectivity index (χ4v) is 8.71. The maximum absolute atomic E-state index is 14.1. The molecule has 2 aliphatic rings. The molecule has 0 aromatic heterocycles. The zero-order valence-corrected chi connectivity index (χ0v) is 39.4. The average molecular weight is 1010 g/mol. The van der Waals surface area contributed by atoms with Gasteiger partial charge in [-0.05, 0) is 46.5 Å². The van der Waals surface area contributed by atoms with Gasteiger partial charge in [0, 0.05) is 9.81 Å². The third-order valence-electron chi connectivity index (χ3n) is 10.7. The lowest BCUT2D eigenvalue weighted by Crippen LogP contribution is -2.66. The van der Waals surface area contributed by atoms with Gasteiger partial charge in [-0.25, -0.2) is 14.4 Å². The molecule has 2 aliphatic heterocycles. The van der Waals surface area contributed by atoms with E-state index in [2.05, 4.69) is 10.0 Å². The highest BCUT2D eigenvalue weighted by Gasteiger charge is 2.57.